The van der Waals surface area contributed by atoms with E-state index in [1.54, 1.807) is 0 Å². The fraction of sp³-hybridized carbons (Fsp3) is 0.625. The lowest BCUT2D eigenvalue weighted by atomic mass is 10.2. The molecule has 0 aliphatic carbocycles. The Kier molecular flexibility index (Phi) is 2.65. The van der Waals surface area contributed by atoms with Crippen LogP contribution in [0.2, 0.25) is 0 Å². The molecule has 1 rings (SSSR count). The van der Waals surface area contributed by atoms with Crippen LogP contribution in [0.3, 0.4) is 0 Å². The van der Waals surface area contributed by atoms with E-state index >= 15 is 0 Å². The van der Waals surface area contributed by atoms with Crippen LogP contribution in [0, 0.1) is 6.92 Å². The molecule has 62 valence electrons. The number of aryl methyl sites for hydroxylation is 1. The van der Waals surface area contributed by atoms with Gasteiger partial charge in [0.15, 0.2) is 0 Å². The van der Waals surface area contributed by atoms with Crippen molar-refractivity contribution in [3.63, 3.8) is 0 Å². The van der Waals surface area contributed by atoms with Gasteiger partial charge < -0.3 is 5.73 Å². The molecule has 0 saturated carbocycles. The zero-order chi connectivity index (χ0) is 8.27. The van der Waals surface area contributed by atoms with Gasteiger partial charge in [-0.15, -0.1) is 0 Å². The monoisotopic (exact) mass is 153 g/mol. The van der Waals surface area contributed by atoms with Crippen molar-refractivity contribution in [2.24, 2.45) is 5.73 Å². The number of rotatable bonds is 3. The van der Waals surface area contributed by atoms with Crippen LogP contribution in [-0.4, -0.2) is 16.3 Å². The third-order valence-corrected chi connectivity index (χ3v) is 1.85. The summed E-state index contributed by atoms with van der Waals surface area (Å²) in [4.78, 5) is 0. The van der Waals surface area contributed by atoms with E-state index in [2.05, 4.69) is 12.0 Å². The summed E-state index contributed by atoms with van der Waals surface area (Å²) in [5, 5.41) is 4.19. The number of hydrogen-bond acceptors (Lipinski definition) is 2. The Labute approximate surface area is 67.2 Å². The van der Waals surface area contributed by atoms with Crippen molar-refractivity contribution in [3.05, 3.63) is 18.0 Å². The molecule has 3 heteroatoms. The Morgan fingerprint density at radius 1 is 1.73 bits per heavy atom. The number of aromatic nitrogens is 2. The van der Waals surface area contributed by atoms with Gasteiger partial charge >= 0.3 is 0 Å². The molecular formula is C8H15N3. The van der Waals surface area contributed by atoms with Gasteiger partial charge in [0.25, 0.3) is 0 Å². The van der Waals surface area contributed by atoms with E-state index in [0.717, 1.165) is 6.42 Å². The van der Waals surface area contributed by atoms with Crippen molar-refractivity contribution in [3.8, 4) is 0 Å². The van der Waals surface area contributed by atoms with Crippen molar-refractivity contribution in [1.29, 1.82) is 0 Å². The van der Waals surface area contributed by atoms with Crippen LogP contribution in [0.15, 0.2) is 12.4 Å². The molecule has 0 aliphatic rings. The summed E-state index contributed by atoms with van der Waals surface area (Å²) in [6, 6.07) is 0.365. The van der Waals surface area contributed by atoms with Crippen molar-refractivity contribution < 1.29 is 0 Å². The summed E-state index contributed by atoms with van der Waals surface area (Å²) in [5.41, 5.74) is 6.76. The summed E-state index contributed by atoms with van der Waals surface area (Å²) in [5.74, 6) is 0. The van der Waals surface area contributed by atoms with Crippen molar-refractivity contribution in [2.45, 2.75) is 26.3 Å². The molecule has 0 spiro atoms. The lowest BCUT2D eigenvalue weighted by Gasteiger charge is -2.11. The first kappa shape index (κ1) is 8.27. The first-order chi connectivity index (χ1) is 5.27. The largest absolute Gasteiger partial charge is 0.328 e. The van der Waals surface area contributed by atoms with E-state index in [1.807, 2.05) is 24.0 Å². The highest BCUT2D eigenvalue weighted by atomic mass is 15.3. The van der Waals surface area contributed by atoms with Crippen molar-refractivity contribution in [1.82, 2.24) is 9.78 Å². The van der Waals surface area contributed by atoms with Gasteiger partial charge in [0.2, 0.25) is 0 Å². The fourth-order valence-corrected chi connectivity index (χ4v) is 1.09. The van der Waals surface area contributed by atoms with Crippen LogP contribution in [0.5, 0.6) is 0 Å². The van der Waals surface area contributed by atoms with E-state index in [1.165, 1.54) is 5.56 Å². The average Bonchev–Trinajstić information content (AvgIpc) is 2.39. The van der Waals surface area contributed by atoms with Crippen LogP contribution < -0.4 is 5.73 Å². The van der Waals surface area contributed by atoms with Gasteiger partial charge in [-0.25, -0.2) is 0 Å². The normalized spacial score (nSPS) is 13.4. The zero-order valence-corrected chi connectivity index (χ0v) is 7.12. The molecular weight excluding hydrogens is 138 g/mol. The predicted octanol–water partition coefficient (Wildman–Crippen LogP) is 1.10. The minimum atomic E-state index is 0.365. The van der Waals surface area contributed by atoms with E-state index in [0.29, 0.717) is 12.6 Å². The van der Waals surface area contributed by atoms with E-state index < -0.39 is 0 Å². The summed E-state index contributed by atoms with van der Waals surface area (Å²) >= 11 is 0. The molecule has 1 atom stereocenters. The molecule has 0 bridgehead atoms. The van der Waals surface area contributed by atoms with Gasteiger partial charge in [-0.2, -0.15) is 5.10 Å². The van der Waals surface area contributed by atoms with Crippen molar-refractivity contribution >= 4 is 0 Å². The first-order valence-electron chi connectivity index (χ1n) is 3.98. The maximum Gasteiger partial charge on any atom is 0.0638 e. The fourth-order valence-electron chi connectivity index (χ4n) is 1.09. The van der Waals surface area contributed by atoms with Crippen LogP contribution in [0.1, 0.15) is 24.9 Å². The summed E-state index contributed by atoms with van der Waals surface area (Å²) < 4.78 is 1.94. The molecule has 0 amide bonds. The van der Waals surface area contributed by atoms with E-state index in [-0.39, 0.29) is 0 Å². The predicted molar refractivity (Wildman–Crippen MR) is 45.3 cm³/mol. The van der Waals surface area contributed by atoms with E-state index in [4.69, 9.17) is 5.73 Å². The van der Waals surface area contributed by atoms with Crippen LogP contribution in [-0.2, 0) is 0 Å². The molecule has 0 fully saturated rings. The number of nitrogens with zero attached hydrogens (tertiary/aromatic N) is 2. The summed E-state index contributed by atoms with van der Waals surface area (Å²) in [6.45, 7) is 4.82. The number of nitrogens with two attached hydrogens (primary N) is 1. The number of hydrogen-bond donors (Lipinski definition) is 1. The highest BCUT2D eigenvalue weighted by Gasteiger charge is 2.05. The smallest absolute Gasteiger partial charge is 0.0638 e. The Morgan fingerprint density at radius 2 is 2.45 bits per heavy atom. The van der Waals surface area contributed by atoms with Gasteiger partial charge in [-0.05, 0) is 18.9 Å². The molecule has 1 aromatic rings. The second-order valence-electron chi connectivity index (χ2n) is 2.80. The Hall–Kier alpha value is -0.830. The van der Waals surface area contributed by atoms with Gasteiger partial charge in [0.05, 0.1) is 12.2 Å². The molecule has 1 heterocycles. The summed E-state index contributed by atoms with van der Waals surface area (Å²) in [7, 11) is 0. The molecule has 0 aromatic carbocycles. The molecule has 11 heavy (non-hydrogen) atoms. The van der Waals surface area contributed by atoms with Crippen molar-refractivity contribution in [2.75, 3.05) is 6.54 Å². The summed E-state index contributed by atoms with van der Waals surface area (Å²) in [6.07, 6.45) is 4.93. The third kappa shape index (κ3) is 1.80. The van der Waals surface area contributed by atoms with Gasteiger partial charge in [-0.3, -0.25) is 4.68 Å². The minimum absolute atomic E-state index is 0.365. The quantitative estimate of drug-likeness (QED) is 0.706. The Morgan fingerprint density at radius 3 is 2.82 bits per heavy atom. The maximum atomic E-state index is 5.56. The zero-order valence-electron chi connectivity index (χ0n) is 7.12. The standard InChI is InChI=1S/C8H15N3/c1-3-8(4-9)11-6-7(2)5-10-11/h5-6,8H,3-4,9H2,1-2H3/t8-/m0/s1. The van der Waals surface area contributed by atoms with E-state index in [9.17, 15) is 0 Å². The Bertz CT molecular complexity index is 213. The second-order valence-corrected chi connectivity index (χ2v) is 2.80. The van der Waals surface area contributed by atoms with Crippen LogP contribution in [0.25, 0.3) is 0 Å². The minimum Gasteiger partial charge on any atom is -0.328 e. The van der Waals surface area contributed by atoms with Gasteiger partial charge in [0, 0.05) is 12.7 Å². The van der Waals surface area contributed by atoms with Gasteiger partial charge in [0.1, 0.15) is 0 Å². The van der Waals surface area contributed by atoms with Crippen LogP contribution in [0.4, 0.5) is 0 Å². The molecule has 0 aliphatic heterocycles. The molecule has 3 nitrogen and oxygen atoms in total. The second kappa shape index (κ2) is 3.53. The molecule has 2 N–H and O–H groups in total. The molecule has 1 aromatic heterocycles. The first-order valence-corrected chi connectivity index (χ1v) is 3.98. The SMILES string of the molecule is CC[C@@H](CN)n1cc(C)cn1. The molecule has 0 radical (unpaired) electrons. The lowest BCUT2D eigenvalue weighted by molar-refractivity contribution is 0.450. The Balaban J connectivity index is 2.73. The van der Waals surface area contributed by atoms with Gasteiger partial charge in [-0.1, -0.05) is 6.92 Å². The molecule has 0 saturated heterocycles. The highest BCUT2D eigenvalue weighted by molar-refractivity contribution is 5.00. The average molecular weight is 153 g/mol. The molecule has 0 unspecified atom stereocenters. The maximum absolute atomic E-state index is 5.56. The van der Waals surface area contributed by atoms with Crippen LogP contribution >= 0.6 is 0 Å². The topological polar surface area (TPSA) is 43.8 Å². The lowest BCUT2D eigenvalue weighted by Crippen LogP contribution is -2.18. The third-order valence-electron chi connectivity index (χ3n) is 1.85. The highest BCUT2D eigenvalue weighted by Crippen LogP contribution is 2.08.